The number of unbranched alkanes of at least 4 members (excludes halogenated alkanes) is 1. The minimum absolute atomic E-state index is 0.0593. The van der Waals surface area contributed by atoms with E-state index in [4.69, 9.17) is 10.5 Å². The highest BCUT2D eigenvalue weighted by atomic mass is 32.1. The normalized spacial score (nSPS) is 9.38. The fourth-order valence-electron chi connectivity index (χ4n) is 0.757. The van der Waals surface area contributed by atoms with Crippen LogP contribution in [-0.2, 0) is 4.74 Å². The summed E-state index contributed by atoms with van der Waals surface area (Å²) >= 11 is 4.67. The molecule has 1 amide bonds. The molecular weight excluding hydrogens is 188 g/mol. The van der Waals surface area contributed by atoms with Crippen LogP contribution in [0.2, 0.25) is 0 Å². The Hall–Kier alpha value is -0.840. The van der Waals surface area contributed by atoms with Crippen LogP contribution in [0.1, 0.15) is 26.7 Å². The lowest BCUT2D eigenvalue weighted by molar-refractivity contribution is 0.122. The number of hydrogen-bond donors (Lipinski definition) is 1. The van der Waals surface area contributed by atoms with Gasteiger partial charge in [-0.3, -0.25) is 4.90 Å². The zero-order chi connectivity index (χ0) is 10.3. The van der Waals surface area contributed by atoms with Gasteiger partial charge in [0.1, 0.15) is 0 Å². The summed E-state index contributed by atoms with van der Waals surface area (Å²) in [5, 5.41) is 0.0593. The molecule has 0 aromatic heterocycles. The van der Waals surface area contributed by atoms with Crippen LogP contribution in [0.3, 0.4) is 0 Å². The first-order chi connectivity index (χ1) is 6.13. The van der Waals surface area contributed by atoms with Gasteiger partial charge in [-0.1, -0.05) is 13.3 Å². The molecule has 13 heavy (non-hydrogen) atoms. The van der Waals surface area contributed by atoms with Gasteiger partial charge in [-0.2, -0.15) is 0 Å². The van der Waals surface area contributed by atoms with Crippen molar-refractivity contribution in [3.63, 3.8) is 0 Å². The van der Waals surface area contributed by atoms with E-state index < -0.39 is 6.09 Å². The Balaban J connectivity index is 3.85. The molecule has 0 aliphatic heterocycles. The van der Waals surface area contributed by atoms with Crippen molar-refractivity contribution in [2.24, 2.45) is 5.73 Å². The summed E-state index contributed by atoms with van der Waals surface area (Å²) in [6.45, 7) is 4.69. The minimum atomic E-state index is -0.455. The van der Waals surface area contributed by atoms with E-state index in [1.807, 2.05) is 6.92 Å². The largest absolute Gasteiger partial charge is 0.449 e. The van der Waals surface area contributed by atoms with Gasteiger partial charge in [0.2, 0.25) is 0 Å². The molecule has 0 heterocycles. The average Bonchev–Trinajstić information content (AvgIpc) is 2.05. The predicted octanol–water partition coefficient (Wildman–Crippen LogP) is 1.49. The van der Waals surface area contributed by atoms with Gasteiger partial charge in [0.25, 0.3) is 0 Å². The molecule has 0 unspecified atom stereocenters. The Kier molecular flexibility index (Phi) is 6.22. The summed E-state index contributed by atoms with van der Waals surface area (Å²) in [7, 11) is 0. The lowest BCUT2D eigenvalue weighted by Gasteiger charge is -2.17. The van der Waals surface area contributed by atoms with Crippen LogP contribution in [-0.4, -0.2) is 29.3 Å². The van der Waals surface area contributed by atoms with E-state index in [-0.39, 0.29) is 5.11 Å². The van der Waals surface area contributed by atoms with E-state index in [9.17, 15) is 4.79 Å². The molecule has 0 fully saturated rings. The van der Waals surface area contributed by atoms with E-state index in [2.05, 4.69) is 12.2 Å². The van der Waals surface area contributed by atoms with Crippen molar-refractivity contribution in [3.05, 3.63) is 0 Å². The van der Waals surface area contributed by atoms with Gasteiger partial charge in [-0.15, -0.1) is 0 Å². The zero-order valence-corrected chi connectivity index (χ0v) is 8.89. The highest BCUT2D eigenvalue weighted by Gasteiger charge is 2.14. The van der Waals surface area contributed by atoms with Gasteiger partial charge in [-0.25, -0.2) is 4.79 Å². The Morgan fingerprint density at radius 3 is 2.54 bits per heavy atom. The van der Waals surface area contributed by atoms with Crippen molar-refractivity contribution in [1.82, 2.24) is 4.90 Å². The molecule has 0 aromatic carbocycles. The SMILES string of the molecule is CCCCOC(=O)N(CC)C(N)=S. The van der Waals surface area contributed by atoms with Crippen molar-refractivity contribution < 1.29 is 9.53 Å². The number of hydrogen-bond acceptors (Lipinski definition) is 3. The number of carbonyl (C=O) groups is 1. The molecule has 0 aromatic rings. The quantitative estimate of drug-likeness (QED) is 0.557. The minimum Gasteiger partial charge on any atom is -0.449 e. The fraction of sp³-hybridized carbons (Fsp3) is 0.750. The summed E-state index contributed by atoms with van der Waals surface area (Å²) in [4.78, 5) is 12.5. The van der Waals surface area contributed by atoms with Gasteiger partial charge in [0, 0.05) is 6.54 Å². The number of amides is 1. The molecule has 0 aliphatic carbocycles. The van der Waals surface area contributed by atoms with Crippen LogP contribution in [0, 0.1) is 0 Å². The van der Waals surface area contributed by atoms with Gasteiger partial charge in [0.15, 0.2) is 5.11 Å². The van der Waals surface area contributed by atoms with Gasteiger partial charge < -0.3 is 10.5 Å². The second-order valence-corrected chi connectivity index (χ2v) is 2.97. The first-order valence-corrected chi connectivity index (χ1v) is 4.78. The van der Waals surface area contributed by atoms with Gasteiger partial charge in [-0.05, 0) is 25.6 Å². The smallest absolute Gasteiger partial charge is 0.416 e. The number of nitrogens with two attached hydrogens (primary N) is 1. The molecule has 0 saturated heterocycles. The molecule has 0 rings (SSSR count). The van der Waals surface area contributed by atoms with Crippen LogP contribution in [0.15, 0.2) is 0 Å². The standard InChI is InChI=1S/C8H16N2O2S/c1-3-5-6-12-8(11)10(4-2)7(9)13/h3-6H2,1-2H3,(H2,9,13). The molecule has 76 valence electrons. The van der Waals surface area contributed by atoms with E-state index in [1.54, 1.807) is 6.92 Å². The van der Waals surface area contributed by atoms with Crippen molar-refractivity contribution >= 4 is 23.4 Å². The molecule has 0 saturated carbocycles. The summed E-state index contributed by atoms with van der Waals surface area (Å²) in [6.07, 6.45) is 1.40. The van der Waals surface area contributed by atoms with E-state index in [0.29, 0.717) is 13.2 Å². The lowest BCUT2D eigenvalue weighted by Crippen LogP contribution is -2.40. The summed E-state index contributed by atoms with van der Waals surface area (Å²) < 4.78 is 4.92. The monoisotopic (exact) mass is 204 g/mol. The summed E-state index contributed by atoms with van der Waals surface area (Å²) in [6, 6.07) is 0. The van der Waals surface area contributed by atoms with Crippen LogP contribution in [0.25, 0.3) is 0 Å². The number of nitrogens with zero attached hydrogens (tertiary/aromatic N) is 1. The van der Waals surface area contributed by atoms with E-state index in [0.717, 1.165) is 12.8 Å². The third-order valence-corrected chi connectivity index (χ3v) is 1.75. The molecule has 4 nitrogen and oxygen atoms in total. The first kappa shape index (κ1) is 12.2. The third-order valence-electron chi connectivity index (χ3n) is 1.53. The highest BCUT2D eigenvalue weighted by molar-refractivity contribution is 7.80. The van der Waals surface area contributed by atoms with Crippen molar-refractivity contribution in [2.45, 2.75) is 26.7 Å². The number of carbonyl (C=O) groups excluding carboxylic acids is 1. The van der Waals surface area contributed by atoms with Gasteiger partial charge >= 0.3 is 6.09 Å². The van der Waals surface area contributed by atoms with Crippen LogP contribution >= 0.6 is 12.2 Å². The molecule has 0 spiro atoms. The molecule has 2 N–H and O–H groups in total. The Bertz CT molecular complexity index is 185. The molecule has 0 atom stereocenters. The maximum atomic E-state index is 11.2. The maximum Gasteiger partial charge on any atom is 0.416 e. The average molecular weight is 204 g/mol. The molecular formula is C8H16N2O2S. The molecule has 0 aliphatic rings. The first-order valence-electron chi connectivity index (χ1n) is 4.37. The Labute approximate surface area is 84.0 Å². The fourth-order valence-corrected chi connectivity index (χ4v) is 0.960. The maximum absolute atomic E-state index is 11.2. The van der Waals surface area contributed by atoms with Crippen molar-refractivity contribution in [1.29, 1.82) is 0 Å². The molecule has 5 heteroatoms. The van der Waals surface area contributed by atoms with Gasteiger partial charge in [0.05, 0.1) is 6.61 Å². The highest BCUT2D eigenvalue weighted by Crippen LogP contribution is 1.96. The predicted molar refractivity (Wildman–Crippen MR) is 55.4 cm³/mol. The van der Waals surface area contributed by atoms with Crippen LogP contribution in [0.4, 0.5) is 4.79 Å². The van der Waals surface area contributed by atoms with Crippen LogP contribution < -0.4 is 5.73 Å². The number of ether oxygens (including phenoxy) is 1. The topological polar surface area (TPSA) is 55.6 Å². The van der Waals surface area contributed by atoms with Crippen molar-refractivity contribution in [2.75, 3.05) is 13.2 Å². The second kappa shape index (κ2) is 6.65. The Morgan fingerprint density at radius 2 is 2.15 bits per heavy atom. The molecule has 0 radical (unpaired) electrons. The Morgan fingerprint density at radius 1 is 1.54 bits per heavy atom. The summed E-state index contributed by atoms with van der Waals surface area (Å²) in [5.74, 6) is 0. The lowest BCUT2D eigenvalue weighted by atomic mass is 10.4. The van der Waals surface area contributed by atoms with Crippen LogP contribution in [0.5, 0.6) is 0 Å². The second-order valence-electron chi connectivity index (χ2n) is 2.55. The summed E-state index contributed by atoms with van der Waals surface area (Å²) in [5.41, 5.74) is 5.31. The van der Waals surface area contributed by atoms with E-state index >= 15 is 0 Å². The van der Waals surface area contributed by atoms with E-state index in [1.165, 1.54) is 4.90 Å². The van der Waals surface area contributed by atoms with Crippen molar-refractivity contribution in [3.8, 4) is 0 Å². The third kappa shape index (κ3) is 4.67. The number of rotatable bonds is 4. The number of thiocarbonyl (C=S) groups is 1. The molecule has 0 bridgehead atoms. The zero-order valence-electron chi connectivity index (χ0n) is 8.08.